The average Bonchev–Trinajstić information content (AvgIpc) is 3.14. The Morgan fingerprint density at radius 2 is 1.92 bits per heavy atom. The van der Waals surface area contributed by atoms with Crippen molar-refractivity contribution in [1.82, 2.24) is 9.97 Å². The maximum Gasteiger partial charge on any atom is 0.244 e. The average molecular weight is 370 g/mol. The van der Waals surface area contributed by atoms with Crippen LogP contribution in [0.15, 0.2) is 18.3 Å². The molecule has 0 N–H and O–H groups in total. The number of benzene rings is 1. The van der Waals surface area contributed by atoms with Crippen molar-refractivity contribution in [2.24, 2.45) is 0 Å². The van der Waals surface area contributed by atoms with Gasteiger partial charge in [-0.15, -0.1) is 11.6 Å². The number of halogens is 1. The molecule has 26 heavy (non-hydrogen) atoms. The van der Waals surface area contributed by atoms with Gasteiger partial charge in [-0.25, -0.2) is 9.97 Å². The lowest BCUT2D eigenvalue weighted by molar-refractivity contribution is -0.116. The second-order valence-electron chi connectivity index (χ2n) is 7.37. The van der Waals surface area contributed by atoms with Gasteiger partial charge in [-0.3, -0.25) is 9.69 Å². The second-order valence-corrected chi connectivity index (χ2v) is 7.63. The molecule has 4 rings (SSSR count). The molecule has 0 spiro atoms. The number of rotatable bonds is 4. The number of fused-ring (bicyclic) bond motifs is 2. The second kappa shape index (κ2) is 7.36. The minimum atomic E-state index is -0.152. The molecule has 136 valence electrons. The zero-order valence-electron chi connectivity index (χ0n) is 15.2. The van der Waals surface area contributed by atoms with Crippen molar-refractivity contribution < 1.29 is 4.79 Å². The molecule has 5 heteroatoms. The van der Waals surface area contributed by atoms with E-state index in [4.69, 9.17) is 16.6 Å². The quantitative estimate of drug-likeness (QED) is 0.767. The lowest BCUT2D eigenvalue weighted by atomic mass is 9.98. The SMILES string of the molecule is Cc1cc(CN(C(=O)CCl)c2ncc3c(n2)CCCC3)cc2c1CCC2. The molecule has 1 amide bonds. The summed E-state index contributed by atoms with van der Waals surface area (Å²) in [6.07, 6.45) is 9.74. The fourth-order valence-electron chi connectivity index (χ4n) is 4.22. The van der Waals surface area contributed by atoms with Crippen LogP contribution < -0.4 is 4.90 Å². The van der Waals surface area contributed by atoms with Crippen molar-refractivity contribution in [1.29, 1.82) is 0 Å². The van der Waals surface area contributed by atoms with E-state index >= 15 is 0 Å². The number of amides is 1. The van der Waals surface area contributed by atoms with E-state index in [0.717, 1.165) is 36.9 Å². The molecule has 2 aliphatic carbocycles. The van der Waals surface area contributed by atoms with Crippen LogP contribution in [0.2, 0.25) is 0 Å². The Morgan fingerprint density at radius 3 is 2.77 bits per heavy atom. The summed E-state index contributed by atoms with van der Waals surface area (Å²) >= 11 is 5.88. The van der Waals surface area contributed by atoms with Gasteiger partial charge in [0.25, 0.3) is 0 Å². The largest absolute Gasteiger partial charge is 0.275 e. The van der Waals surface area contributed by atoms with Crippen molar-refractivity contribution >= 4 is 23.5 Å². The molecule has 0 saturated heterocycles. The molecule has 0 saturated carbocycles. The summed E-state index contributed by atoms with van der Waals surface area (Å²) in [6.45, 7) is 2.63. The Labute approximate surface area is 159 Å². The highest BCUT2D eigenvalue weighted by Crippen LogP contribution is 2.28. The third-order valence-corrected chi connectivity index (χ3v) is 5.78. The van der Waals surface area contributed by atoms with Crippen LogP contribution in [0.5, 0.6) is 0 Å². The molecule has 0 aliphatic heterocycles. The molecule has 0 bridgehead atoms. The fraction of sp³-hybridized carbons (Fsp3) is 0.476. The summed E-state index contributed by atoms with van der Waals surface area (Å²) in [5.41, 5.74) is 7.65. The van der Waals surface area contributed by atoms with E-state index in [1.807, 2.05) is 6.20 Å². The Balaban J connectivity index is 1.66. The zero-order chi connectivity index (χ0) is 18.1. The molecular formula is C21H24ClN3O. The van der Waals surface area contributed by atoms with Gasteiger partial charge in [-0.1, -0.05) is 12.1 Å². The molecule has 1 aromatic carbocycles. The molecule has 0 unspecified atom stereocenters. The van der Waals surface area contributed by atoms with Crippen LogP contribution in [-0.2, 0) is 37.0 Å². The monoisotopic (exact) mass is 369 g/mol. The predicted octanol–water partition coefficient (Wildman–Crippen LogP) is 3.92. The van der Waals surface area contributed by atoms with Gasteiger partial charge in [0.1, 0.15) is 5.88 Å². The Morgan fingerprint density at radius 1 is 1.12 bits per heavy atom. The third-order valence-electron chi connectivity index (χ3n) is 5.55. The maximum atomic E-state index is 12.5. The van der Waals surface area contributed by atoms with Crippen LogP contribution in [0.3, 0.4) is 0 Å². The Bertz CT molecular complexity index is 849. The first-order valence-corrected chi connectivity index (χ1v) is 10.0. The van der Waals surface area contributed by atoms with Crippen molar-refractivity contribution in [2.45, 2.75) is 58.4 Å². The predicted molar refractivity (Wildman–Crippen MR) is 104 cm³/mol. The molecule has 2 aromatic rings. The van der Waals surface area contributed by atoms with Crippen LogP contribution in [0.4, 0.5) is 5.95 Å². The molecule has 1 aromatic heterocycles. The first-order chi connectivity index (χ1) is 12.7. The van der Waals surface area contributed by atoms with Gasteiger partial charge >= 0.3 is 0 Å². The number of carbonyl (C=O) groups excluding carboxylic acids is 1. The molecule has 0 fully saturated rings. The van der Waals surface area contributed by atoms with Gasteiger partial charge in [-0.2, -0.15) is 0 Å². The molecular weight excluding hydrogens is 346 g/mol. The number of anilines is 1. The highest BCUT2D eigenvalue weighted by atomic mass is 35.5. The van der Waals surface area contributed by atoms with Gasteiger partial charge in [0.15, 0.2) is 0 Å². The highest BCUT2D eigenvalue weighted by Gasteiger charge is 2.22. The van der Waals surface area contributed by atoms with Gasteiger partial charge in [-0.05, 0) is 79.7 Å². The van der Waals surface area contributed by atoms with Crippen molar-refractivity contribution in [3.05, 3.63) is 51.8 Å². The van der Waals surface area contributed by atoms with Crippen molar-refractivity contribution in [3.63, 3.8) is 0 Å². The topological polar surface area (TPSA) is 46.1 Å². The first-order valence-electron chi connectivity index (χ1n) is 9.48. The van der Waals surface area contributed by atoms with E-state index in [1.54, 1.807) is 4.90 Å². The molecule has 0 radical (unpaired) electrons. The number of hydrogen-bond acceptors (Lipinski definition) is 3. The molecule has 4 nitrogen and oxygen atoms in total. The van der Waals surface area contributed by atoms with E-state index in [9.17, 15) is 4.79 Å². The lowest BCUT2D eigenvalue weighted by Crippen LogP contribution is -2.33. The van der Waals surface area contributed by atoms with Crippen LogP contribution in [0, 0.1) is 6.92 Å². The lowest BCUT2D eigenvalue weighted by Gasteiger charge is -2.23. The Hall–Kier alpha value is -1.94. The van der Waals surface area contributed by atoms with Gasteiger partial charge < -0.3 is 0 Å². The zero-order valence-corrected chi connectivity index (χ0v) is 16.0. The number of hydrogen-bond donors (Lipinski definition) is 0. The molecule has 1 heterocycles. The summed E-state index contributed by atoms with van der Waals surface area (Å²) in [4.78, 5) is 23.4. The smallest absolute Gasteiger partial charge is 0.244 e. The van der Waals surface area contributed by atoms with Crippen LogP contribution in [-0.4, -0.2) is 21.8 Å². The van der Waals surface area contributed by atoms with E-state index < -0.39 is 0 Å². The number of aryl methyl sites for hydroxylation is 4. The van der Waals surface area contributed by atoms with Crippen LogP contribution in [0.25, 0.3) is 0 Å². The minimum Gasteiger partial charge on any atom is -0.275 e. The fourth-order valence-corrected chi connectivity index (χ4v) is 4.36. The summed E-state index contributed by atoms with van der Waals surface area (Å²) in [7, 11) is 0. The van der Waals surface area contributed by atoms with E-state index in [2.05, 4.69) is 24.0 Å². The van der Waals surface area contributed by atoms with Gasteiger partial charge in [0.2, 0.25) is 11.9 Å². The van der Waals surface area contributed by atoms with E-state index in [0.29, 0.717) is 12.5 Å². The summed E-state index contributed by atoms with van der Waals surface area (Å²) in [6, 6.07) is 4.43. The van der Waals surface area contributed by atoms with Crippen LogP contribution in [0.1, 0.15) is 52.8 Å². The normalized spacial score (nSPS) is 15.5. The number of nitrogens with zero attached hydrogens (tertiary/aromatic N) is 3. The van der Waals surface area contributed by atoms with E-state index in [-0.39, 0.29) is 11.8 Å². The molecule has 0 atom stereocenters. The highest BCUT2D eigenvalue weighted by molar-refractivity contribution is 6.29. The summed E-state index contributed by atoms with van der Waals surface area (Å²) in [5, 5.41) is 0. The number of carbonyl (C=O) groups is 1. The minimum absolute atomic E-state index is 0.0651. The summed E-state index contributed by atoms with van der Waals surface area (Å²) in [5.74, 6) is 0.264. The van der Waals surface area contributed by atoms with Crippen LogP contribution >= 0.6 is 11.6 Å². The Kier molecular flexibility index (Phi) is 4.94. The number of alkyl halides is 1. The van der Waals surface area contributed by atoms with Gasteiger partial charge in [0.05, 0.1) is 6.54 Å². The van der Waals surface area contributed by atoms with Crippen molar-refractivity contribution in [2.75, 3.05) is 10.8 Å². The third kappa shape index (κ3) is 3.35. The standard InChI is InChI=1S/C21H24ClN3O/c1-14-9-15(10-16-6-4-7-18(14)16)13-25(20(26)11-22)21-23-12-17-5-2-3-8-19(17)24-21/h9-10,12H,2-8,11,13H2,1H3. The summed E-state index contributed by atoms with van der Waals surface area (Å²) < 4.78 is 0. The molecule has 2 aliphatic rings. The van der Waals surface area contributed by atoms with Crippen molar-refractivity contribution in [3.8, 4) is 0 Å². The van der Waals surface area contributed by atoms with E-state index in [1.165, 1.54) is 41.5 Å². The first kappa shape index (κ1) is 17.5. The number of aromatic nitrogens is 2. The maximum absolute atomic E-state index is 12.5. The van der Waals surface area contributed by atoms with Gasteiger partial charge in [0, 0.05) is 11.9 Å².